The van der Waals surface area contributed by atoms with Gasteiger partial charge in [-0.2, -0.15) is 11.8 Å². The average molecular weight is 242 g/mol. The lowest BCUT2D eigenvalue weighted by Gasteiger charge is -2.46. The van der Waals surface area contributed by atoms with Crippen molar-refractivity contribution < 1.29 is 0 Å². The Kier molecular flexibility index (Phi) is 4.57. The standard InChI is InChI=1S/C13H26N2S/c1-2-7-15(10-12-3-4-12)13(11-14)5-8-16-9-6-13/h12H,2-11,14H2,1H3. The lowest BCUT2D eigenvalue weighted by molar-refractivity contribution is 0.0791. The van der Waals surface area contributed by atoms with Gasteiger partial charge in [-0.05, 0) is 56.1 Å². The van der Waals surface area contributed by atoms with Crippen LogP contribution < -0.4 is 5.73 Å². The normalized spacial score (nSPS) is 24.9. The SMILES string of the molecule is CCCN(CC1CC1)C1(CN)CCSCC1. The summed E-state index contributed by atoms with van der Waals surface area (Å²) < 4.78 is 0. The fraction of sp³-hybridized carbons (Fsp3) is 1.00. The van der Waals surface area contributed by atoms with Gasteiger partial charge in [-0.3, -0.25) is 4.90 Å². The van der Waals surface area contributed by atoms with Crippen LogP contribution in [0.4, 0.5) is 0 Å². The van der Waals surface area contributed by atoms with Gasteiger partial charge in [0.2, 0.25) is 0 Å². The predicted octanol–water partition coefficient (Wildman–Crippen LogP) is 2.33. The minimum absolute atomic E-state index is 0.351. The van der Waals surface area contributed by atoms with Crippen LogP contribution in [0.15, 0.2) is 0 Å². The Morgan fingerprint density at radius 2 is 2.00 bits per heavy atom. The summed E-state index contributed by atoms with van der Waals surface area (Å²) in [6.07, 6.45) is 6.79. The summed E-state index contributed by atoms with van der Waals surface area (Å²) in [7, 11) is 0. The topological polar surface area (TPSA) is 29.3 Å². The maximum absolute atomic E-state index is 6.11. The minimum atomic E-state index is 0.351. The smallest absolute Gasteiger partial charge is 0.0347 e. The summed E-state index contributed by atoms with van der Waals surface area (Å²) in [4.78, 5) is 2.74. The van der Waals surface area contributed by atoms with E-state index >= 15 is 0 Å². The lowest BCUT2D eigenvalue weighted by Crippen LogP contribution is -2.56. The Balaban J connectivity index is 2.00. The second kappa shape index (κ2) is 5.74. The second-order valence-electron chi connectivity index (χ2n) is 5.43. The van der Waals surface area contributed by atoms with Crippen LogP contribution in [0.5, 0.6) is 0 Å². The zero-order valence-corrected chi connectivity index (χ0v) is 11.4. The molecule has 2 nitrogen and oxygen atoms in total. The first kappa shape index (κ1) is 12.7. The fourth-order valence-corrected chi connectivity index (χ4v) is 4.06. The van der Waals surface area contributed by atoms with E-state index in [1.807, 2.05) is 0 Å². The first-order valence-electron chi connectivity index (χ1n) is 6.83. The summed E-state index contributed by atoms with van der Waals surface area (Å²) in [5, 5.41) is 0. The molecule has 0 radical (unpaired) electrons. The van der Waals surface area contributed by atoms with Crippen LogP contribution in [0.1, 0.15) is 39.0 Å². The van der Waals surface area contributed by atoms with Crippen LogP contribution in [0.25, 0.3) is 0 Å². The van der Waals surface area contributed by atoms with Crippen LogP contribution in [0.2, 0.25) is 0 Å². The summed E-state index contributed by atoms with van der Waals surface area (Å²) in [6, 6.07) is 0. The molecular weight excluding hydrogens is 216 g/mol. The van der Waals surface area contributed by atoms with Crippen LogP contribution >= 0.6 is 11.8 Å². The van der Waals surface area contributed by atoms with E-state index in [1.54, 1.807) is 0 Å². The molecule has 0 amide bonds. The molecule has 2 N–H and O–H groups in total. The largest absolute Gasteiger partial charge is 0.329 e. The highest BCUT2D eigenvalue weighted by atomic mass is 32.2. The molecule has 2 rings (SSSR count). The molecule has 0 atom stereocenters. The molecule has 16 heavy (non-hydrogen) atoms. The highest BCUT2D eigenvalue weighted by Crippen LogP contribution is 2.36. The van der Waals surface area contributed by atoms with Crippen molar-refractivity contribution in [2.45, 2.75) is 44.6 Å². The van der Waals surface area contributed by atoms with E-state index in [0.717, 1.165) is 12.5 Å². The monoisotopic (exact) mass is 242 g/mol. The van der Waals surface area contributed by atoms with Crippen molar-refractivity contribution in [1.82, 2.24) is 4.90 Å². The number of nitrogens with zero attached hydrogens (tertiary/aromatic N) is 1. The Morgan fingerprint density at radius 1 is 1.31 bits per heavy atom. The van der Waals surface area contributed by atoms with Gasteiger partial charge in [-0.25, -0.2) is 0 Å². The quantitative estimate of drug-likeness (QED) is 0.775. The van der Waals surface area contributed by atoms with Gasteiger partial charge < -0.3 is 5.73 Å². The van der Waals surface area contributed by atoms with E-state index in [2.05, 4.69) is 23.6 Å². The number of nitrogens with two attached hydrogens (primary N) is 1. The number of hydrogen-bond donors (Lipinski definition) is 1. The van der Waals surface area contributed by atoms with Gasteiger partial charge in [0.25, 0.3) is 0 Å². The van der Waals surface area contributed by atoms with Gasteiger partial charge in [-0.15, -0.1) is 0 Å². The molecule has 1 saturated heterocycles. The highest BCUT2D eigenvalue weighted by Gasteiger charge is 2.38. The van der Waals surface area contributed by atoms with E-state index in [1.165, 1.54) is 56.7 Å². The lowest BCUT2D eigenvalue weighted by atomic mass is 9.89. The van der Waals surface area contributed by atoms with Crippen molar-refractivity contribution in [3.05, 3.63) is 0 Å². The van der Waals surface area contributed by atoms with Gasteiger partial charge in [-0.1, -0.05) is 6.92 Å². The van der Waals surface area contributed by atoms with E-state index in [9.17, 15) is 0 Å². The molecule has 0 aromatic carbocycles. The van der Waals surface area contributed by atoms with Gasteiger partial charge in [0.15, 0.2) is 0 Å². The molecule has 0 bridgehead atoms. The average Bonchev–Trinajstić information content (AvgIpc) is 3.13. The van der Waals surface area contributed by atoms with Crippen molar-refractivity contribution in [2.24, 2.45) is 11.7 Å². The molecule has 0 unspecified atom stereocenters. The molecular formula is C13H26N2S. The Bertz CT molecular complexity index is 210. The highest BCUT2D eigenvalue weighted by molar-refractivity contribution is 7.99. The maximum atomic E-state index is 6.11. The van der Waals surface area contributed by atoms with Crippen LogP contribution in [0.3, 0.4) is 0 Å². The third-order valence-corrected chi connectivity index (χ3v) is 5.13. The zero-order chi connectivity index (χ0) is 11.4. The summed E-state index contributed by atoms with van der Waals surface area (Å²) in [5.41, 5.74) is 6.47. The zero-order valence-electron chi connectivity index (χ0n) is 10.6. The van der Waals surface area contributed by atoms with Gasteiger partial charge in [0.1, 0.15) is 0 Å². The first-order chi connectivity index (χ1) is 7.80. The van der Waals surface area contributed by atoms with E-state index in [-0.39, 0.29) is 0 Å². The molecule has 0 spiro atoms. The molecule has 3 heteroatoms. The molecule has 0 aromatic heterocycles. The third-order valence-electron chi connectivity index (χ3n) is 4.14. The predicted molar refractivity (Wildman–Crippen MR) is 72.9 cm³/mol. The fourth-order valence-electron chi connectivity index (χ4n) is 2.80. The Hall–Kier alpha value is 0.270. The minimum Gasteiger partial charge on any atom is -0.329 e. The molecule has 1 aliphatic heterocycles. The van der Waals surface area contributed by atoms with Crippen LogP contribution in [-0.4, -0.2) is 41.6 Å². The summed E-state index contributed by atoms with van der Waals surface area (Å²) in [5.74, 6) is 3.61. The molecule has 0 aromatic rings. The van der Waals surface area contributed by atoms with E-state index < -0.39 is 0 Å². The summed E-state index contributed by atoms with van der Waals surface area (Å²) in [6.45, 7) is 5.72. The second-order valence-corrected chi connectivity index (χ2v) is 6.65. The number of rotatable bonds is 6. The Labute approximate surface area is 104 Å². The van der Waals surface area contributed by atoms with E-state index in [4.69, 9.17) is 5.73 Å². The van der Waals surface area contributed by atoms with Crippen molar-refractivity contribution in [1.29, 1.82) is 0 Å². The van der Waals surface area contributed by atoms with E-state index in [0.29, 0.717) is 5.54 Å². The third kappa shape index (κ3) is 2.93. The van der Waals surface area contributed by atoms with Crippen molar-refractivity contribution >= 4 is 11.8 Å². The van der Waals surface area contributed by atoms with Crippen molar-refractivity contribution in [3.63, 3.8) is 0 Å². The van der Waals surface area contributed by atoms with Crippen molar-refractivity contribution in [3.8, 4) is 0 Å². The molecule has 2 fully saturated rings. The van der Waals surface area contributed by atoms with Gasteiger partial charge in [0.05, 0.1) is 0 Å². The molecule has 2 aliphatic rings. The first-order valence-corrected chi connectivity index (χ1v) is 7.99. The van der Waals surface area contributed by atoms with Crippen molar-refractivity contribution in [2.75, 3.05) is 31.1 Å². The molecule has 1 heterocycles. The molecule has 1 saturated carbocycles. The van der Waals surface area contributed by atoms with Gasteiger partial charge in [0, 0.05) is 18.6 Å². The van der Waals surface area contributed by atoms with Crippen LogP contribution in [0, 0.1) is 5.92 Å². The number of hydrogen-bond acceptors (Lipinski definition) is 3. The Morgan fingerprint density at radius 3 is 2.50 bits per heavy atom. The maximum Gasteiger partial charge on any atom is 0.0347 e. The molecule has 94 valence electrons. The molecule has 1 aliphatic carbocycles. The number of thioether (sulfide) groups is 1. The van der Waals surface area contributed by atoms with Crippen LogP contribution in [-0.2, 0) is 0 Å². The van der Waals surface area contributed by atoms with Gasteiger partial charge >= 0.3 is 0 Å². The summed E-state index contributed by atoms with van der Waals surface area (Å²) >= 11 is 2.10.